The van der Waals surface area contributed by atoms with Crippen LogP contribution in [0.2, 0.25) is 0 Å². The summed E-state index contributed by atoms with van der Waals surface area (Å²) in [5.74, 6) is 0.311. The Morgan fingerprint density at radius 1 is 1.10 bits per heavy atom. The standard InChI is InChI=1S/C21H29ClN4O3/c22-8-4-7-19(27)25-13-11-24(12-14-25)10-9-23-21(29)17-15-20(28)26(16-17)18-5-2-1-3-6-18/h1-3,5-6,17H,4,7-16H2,(H,23,29). The zero-order valence-corrected chi connectivity index (χ0v) is 17.4. The Morgan fingerprint density at radius 2 is 1.83 bits per heavy atom. The molecule has 2 heterocycles. The van der Waals surface area contributed by atoms with Crippen molar-refractivity contribution in [2.75, 3.05) is 56.6 Å². The van der Waals surface area contributed by atoms with Gasteiger partial charge in [-0.25, -0.2) is 0 Å². The SMILES string of the molecule is O=C(NCCN1CCN(C(=O)CCCCl)CC1)C1CC(=O)N(c2ccccc2)C1. The molecule has 2 saturated heterocycles. The van der Waals surface area contributed by atoms with E-state index in [-0.39, 0.29) is 30.1 Å². The monoisotopic (exact) mass is 420 g/mol. The van der Waals surface area contributed by atoms with Crippen LogP contribution < -0.4 is 10.2 Å². The Balaban J connectivity index is 1.36. The number of rotatable bonds is 8. The van der Waals surface area contributed by atoms with Gasteiger partial charge in [-0.15, -0.1) is 11.6 Å². The molecule has 1 unspecified atom stereocenters. The third-order valence-electron chi connectivity index (χ3n) is 5.54. The smallest absolute Gasteiger partial charge is 0.227 e. The van der Waals surface area contributed by atoms with Crippen molar-refractivity contribution >= 4 is 35.0 Å². The summed E-state index contributed by atoms with van der Waals surface area (Å²) in [6, 6.07) is 9.46. The van der Waals surface area contributed by atoms with Crippen LogP contribution in [-0.4, -0.2) is 79.2 Å². The fourth-order valence-electron chi connectivity index (χ4n) is 3.82. The van der Waals surface area contributed by atoms with Crippen molar-refractivity contribution in [3.05, 3.63) is 30.3 Å². The van der Waals surface area contributed by atoms with E-state index >= 15 is 0 Å². The number of hydrogen-bond acceptors (Lipinski definition) is 4. The molecule has 0 aromatic heterocycles. The molecule has 3 amide bonds. The molecule has 0 radical (unpaired) electrons. The number of para-hydroxylation sites is 1. The average molecular weight is 421 g/mol. The zero-order chi connectivity index (χ0) is 20.6. The molecule has 0 aliphatic carbocycles. The maximum atomic E-state index is 12.5. The number of halogens is 1. The summed E-state index contributed by atoms with van der Waals surface area (Å²) in [6.45, 7) is 4.79. The highest BCUT2D eigenvalue weighted by Crippen LogP contribution is 2.24. The van der Waals surface area contributed by atoms with Gasteiger partial charge < -0.3 is 15.1 Å². The van der Waals surface area contributed by atoms with Crippen molar-refractivity contribution in [3.8, 4) is 0 Å². The molecular weight excluding hydrogens is 392 g/mol. The summed E-state index contributed by atoms with van der Waals surface area (Å²) < 4.78 is 0. The second kappa shape index (κ2) is 10.6. The third-order valence-corrected chi connectivity index (χ3v) is 5.81. The number of benzene rings is 1. The van der Waals surface area contributed by atoms with Gasteiger partial charge in [0.25, 0.3) is 0 Å². The average Bonchev–Trinajstić information content (AvgIpc) is 3.15. The van der Waals surface area contributed by atoms with Crippen molar-refractivity contribution in [2.24, 2.45) is 5.92 Å². The van der Waals surface area contributed by atoms with Gasteiger partial charge in [-0.1, -0.05) is 18.2 Å². The topological polar surface area (TPSA) is 73.0 Å². The number of nitrogens with one attached hydrogen (secondary N) is 1. The zero-order valence-electron chi connectivity index (χ0n) is 16.7. The van der Waals surface area contributed by atoms with Crippen LogP contribution in [-0.2, 0) is 14.4 Å². The second-order valence-corrected chi connectivity index (χ2v) is 7.92. The molecule has 0 saturated carbocycles. The molecule has 3 rings (SSSR count). The van der Waals surface area contributed by atoms with Crippen LogP contribution >= 0.6 is 11.6 Å². The van der Waals surface area contributed by atoms with E-state index in [4.69, 9.17) is 11.6 Å². The number of anilines is 1. The van der Waals surface area contributed by atoms with Crippen LogP contribution in [0.1, 0.15) is 19.3 Å². The van der Waals surface area contributed by atoms with E-state index in [9.17, 15) is 14.4 Å². The molecule has 158 valence electrons. The van der Waals surface area contributed by atoms with E-state index in [1.54, 1.807) is 4.90 Å². The Labute approximate surface area is 177 Å². The summed E-state index contributed by atoms with van der Waals surface area (Å²) in [4.78, 5) is 42.6. The Hall–Kier alpha value is -2.12. The highest BCUT2D eigenvalue weighted by Gasteiger charge is 2.35. The van der Waals surface area contributed by atoms with Gasteiger partial charge in [0.15, 0.2) is 0 Å². The lowest BCUT2D eigenvalue weighted by Crippen LogP contribution is -2.50. The molecule has 1 aromatic rings. The summed E-state index contributed by atoms with van der Waals surface area (Å²) >= 11 is 5.65. The van der Waals surface area contributed by atoms with Gasteiger partial charge in [-0.2, -0.15) is 0 Å². The summed E-state index contributed by atoms with van der Waals surface area (Å²) in [5.41, 5.74) is 0.839. The molecule has 29 heavy (non-hydrogen) atoms. The van der Waals surface area contributed by atoms with Crippen molar-refractivity contribution in [1.82, 2.24) is 15.1 Å². The van der Waals surface area contributed by atoms with Crippen LogP contribution in [0.25, 0.3) is 0 Å². The van der Waals surface area contributed by atoms with Crippen molar-refractivity contribution in [2.45, 2.75) is 19.3 Å². The summed E-state index contributed by atoms with van der Waals surface area (Å²) in [6.07, 6.45) is 1.49. The van der Waals surface area contributed by atoms with E-state index in [1.165, 1.54) is 0 Å². The summed E-state index contributed by atoms with van der Waals surface area (Å²) in [7, 11) is 0. The fourth-order valence-corrected chi connectivity index (χ4v) is 3.95. The first-order valence-corrected chi connectivity index (χ1v) is 10.8. The number of carbonyl (C=O) groups excluding carboxylic acids is 3. The minimum absolute atomic E-state index is 0.00805. The molecule has 0 bridgehead atoms. The van der Waals surface area contributed by atoms with Gasteiger partial charge in [0.05, 0.1) is 5.92 Å². The van der Waals surface area contributed by atoms with E-state index < -0.39 is 0 Å². The van der Waals surface area contributed by atoms with E-state index in [0.29, 0.717) is 25.4 Å². The van der Waals surface area contributed by atoms with Gasteiger partial charge >= 0.3 is 0 Å². The molecule has 7 nitrogen and oxygen atoms in total. The molecule has 0 spiro atoms. The first kappa shape index (κ1) is 21.6. The lowest BCUT2D eigenvalue weighted by atomic mass is 10.1. The van der Waals surface area contributed by atoms with Crippen LogP contribution in [0, 0.1) is 5.92 Å². The van der Waals surface area contributed by atoms with Crippen molar-refractivity contribution in [1.29, 1.82) is 0 Å². The van der Waals surface area contributed by atoms with Crippen LogP contribution in [0.3, 0.4) is 0 Å². The quantitative estimate of drug-likeness (QED) is 0.644. The Kier molecular flexibility index (Phi) is 7.89. The highest BCUT2D eigenvalue weighted by atomic mass is 35.5. The molecule has 1 atom stereocenters. The second-order valence-electron chi connectivity index (χ2n) is 7.55. The molecule has 1 aromatic carbocycles. The number of amides is 3. The lowest BCUT2D eigenvalue weighted by Gasteiger charge is -2.34. The van der Waals surface area contributed by atoms with E-state index in [0.717, 1.165) is 44.8 Å². The molecule has 8 heteroatoms. The fraction of sp³-hybridized carbons (Fsp3) is 0.571. The van der Waals surface area contributed by atoms with Crippen molar-refractivity contribution in [3.63, 3.8) is 0 Å². The largest absolute Gasteiger partial charge is 0.355 e. The van der Waals surface area contributed by atoms with Gasteiger partial charge in [-0.3, -0.25) is 19.3 Å². The van der Waals surface area contributed by atoms with E-state index in [1.807, 2.05) is 35.2 Å². The normalized spacial score (nSPS) is 20.2. The third kappa shape index (κ3) is 5.93. The van der Waals surface area contributed by atoms with Crippen molar-refractivity contribution < 1.29 is 14.4 Å². The van der Waals surface area contributed by atoms with Gasteiger partial charge in [-0.05, 0) is 18.6 Å². The lowest BCUT2D eigenvalue weighted by molar-refractivity contribution is -0.133. The molecule has 2 aliphatic rings. The van der Waals surface area contributed by atoms with Crippen LogP contribution in [0.15, 0.2) is 30.3 Å². The first-order valence-electron chi connectivity index (χ1n) is 10.3. The van der Waals surface area contributed by atoms with Gasteiger partial charge in [0.2, 0.25) is 17.7 Å². The number of piperazine rings is 1. The number of hydrogen-bond donors (Lipinski definition) is 1. The predicted molar refractivity (Wildman–Crippen MR) is 113 cm³/mol. The first-order chi connectivity index (χ1) is 14.1. The van der Waals surface area contributed by atoms with Crippen LogP contribution in [0.4, 0.5) is 5.69 Å². The minimum atomic E-state index is -0.306. The summed E-state index contributed by atoms with van der Waals surface area (Å²) in [5, 5.41) is 2.97. The van der Waals surface area contributed by atoms with E-state index in [2.05, 4.69) is 10.2 Å². The molecule has 2 fully saturated rings. The Morgan fingerprint density at radius 3 is 2.52 bits per heavy atom. The maximum absolute atomic E-state index is 12.5. The molecule has 1 N–H and O–H groups in total. The number of carbonyl (C=O) groups is 3. The van der Waals surface area contributed by atoms with Crippen LogP contribution in [0.5, 0.6) is 0 Å². The van der Waals surface area contributed by atoms with Gasteiger partial charge in [0.1, 0.15) is 0 Å². The molecular formula is C21H29ClN4O3. The Bertz CT molecular complexity index is 707. The predicted octanol–water partition coefficient (Wildman–Crippen LogP) is 1.32. The molecule has 2 aliphatic heterocycles. The highest BCUT2D eigenvalue weighted by molar-refractivity contribution is 6.17. The number of alkyl halides is 1. The minimum Gasteiger partial charge on any atom is -0.355 e. The number of nitrogens with zero attached hydrogens (tertiary/aromatic N) is 3. The maximum Gasteiger partial charge on any atom is 0.227 e. The van der Waals surface area contributed by atoms with Gasteiger partial charge in [0, 0.05) is 70.2 Å².